The van der Waals surface area contributed by atoms with Crippen LogP contribution in [0.25, 0.3) is 0 Å². The predicted octanol–water partition coefficient (Wildman–Crippen LogP) is 3.77. The Morgan fingerprint density at radius 2 is 1.60 bits per heavy atom. The highest BCUT2D eigenvalue weighted by molar-refractivity contribution is 5.73. The van der Waals surface area contributed by atoms with Crippen LogP contribution in [0, 0.1) is 11.7 Å². The topological polar surface area (TPSA) is 44.8 Å². The average Bonchev–Trinajstić information content (AvgIpc) is 2.65. The van der Waals surface area contributed by atoms with Crippen molar-refractivity contribution in [2.75, 3.05) is 14.2 Å². The summed E-state index contributed by atoms with van der Waals surface area (Å²) in [6.07, 6.45) is 0.0797. The first-order chi connectivity index (χ1) is 12.0. The van der Waals surface area contributed by atoms with E-state index >= 15 is 0 Å². The van der Waals surface area contributed by atoms with Gasteiger partial charge in [-0.15, -0.1) is 0 Å². The number of esters is 1. The molecule has 0 N–H and O–H groups in total. The third kappa shape index (κ3) is 5.57. The summed E-state index contributed by atoms with van der Waals surface area (Å²) >= 11 is 0. The van der Waals surface area contributed by atoms with Gasteiger partial charge in [-0.1, -0.05) is 24.3 Å². The van der Waals surface area contributed by atoms with E-state index in [2.05, 4.69) is 0 Å². The second kappa shape index (κ2) is 9.18. The fourth-order valence-corrected chi connectivity index (χ4v) is 2.53. The second-order valence-corrected chi connectivity index (χ2v) is 5.82. The molecule has 0 spiro atoms. The molecule has 0 heterocycles. The van der Waals surface area contributed by atoms with Crippen LogP contribution in [0.4, 0.5) is 4.39 Å². The summed E-state index contributed by atoms with van der Waals surface area (Å²) in [4.78, 5) is 12.1. The Hall–Kier alpha value is -2.40. The number of methoxy groups -OCH3 is 2. The summed E-state index contributed by atoms with van der Waals surface area (Å²) in [5.74, 6) is -0.331. The van der Waals surface area contributed by atoms with E-state index in [0.29, 0.717) is 13.0 Å². The summed E-state index contributed by atoms with van der Waals surface area (Å²) in [6.45, 7) is 2.22. The minimum absolute atomic E-state index is 0.304. The maximum Gasteiger partial charge on any atom is 0.311 e. The molecule has 2 aromatic rings. The van der Waals surface area contributed by atoms with Gasteiger partial charge in [-0.05, 0) is 48.7 Å². The van der Waals surface area contributed by atoms with Crippen molar-refractivity contribution >= 4 is 5.97 Å². The van der Waals surface area contributed by atoms with Crippen LogP contribution in [0.15, 0.2) is 48.5 Å². The number of carbonyl (C=O) groups is 1. The maximum atomic E-state index is 13.0. The quantitative estimate of drug-likeness (QED) is 0.683. The predicted molar refractivity (Wildman–Crippen MR) is 92.9 cm³/mol. The van der Waals surface area contributed by atoms with E-state index in [-0.39, 0.29) is 17.9 Å². The molecular weight excluding hydrogens is 323 g/mol. The molecule has 2 rings (SSSR count). The first-order valence-corrected chi connectivity index (χ1v) is 8.10. The van der Waals surface area contributed by atoms with Crippen LogP contribution in [0.1, 0.15) is 18.1 Å². The second-order valence-electron chi connectivity index (χ2n) is 5.82. The lowest BCUT2D eigenvalue weighted by atomic mass is 9.94. The van der Waals surface area contributed by atoms with Crippen molar-refractivity contribution in [1.82, 2.24) is 0 Å². The number of benzene rings is 2. The molecule has 2 atom stereocenters. The van der Waals surface area contributed by atoms with Gasteiger partial charge in [0.1, 0.15) is 11.6 Å². The molecule has 0 aromatic heterocycles. The van der Waals surface area contributed by atoms with Crippen LogP contribution in [-0.4, -0.2) is 26.3 Å². The Morgan fingerprint density at radius 3 is 2.16 bits per heavy atom. The van der Waals surface area contributed by atoms with Crippen molar-refractivity contribution < 1.29 is 23.4 Å². The normalized spacial score (nSPS) is 13.1. The zero-order valence-corrected chi connectivity index (χ0v) is 14.7. The average molecular weight is 346 g/mol. The molecule has 4 nitrogen and oxygen atoms in total. The zero-order chi connectivity index (χ0) is 18.2. The van der Waals surface area contributed by atoms with E-state index < -0.39 is 5.92 Å². The molecule has 0 aliphatic heterocycles. The molecule has 0 saturated heterocycles. The smallest absolute Gasteiger partial charge is 0.311 e. The van der Waals surface area contributed by atoms with Crippen molar-refractivity contribution in [2.24, 2.45) is 5.92 Å². The van der Waals surface area contributed by atoms with Crippen molar-refractivity contribution in [3.8, 4) is 5.75 Å². The van der Waals surface area contributed by atoms with Crippen molar-refractivity contribution in [3.63, 3.8) is 0 Å². The van der Waals surface area contributed by atoms with Gasteiger partial charge < -0.3 is 14.2 Å². The fraction of sp³-hybridized carbons (Fsp3) is 0.350. The molecule has 25 heavy (non-hydrogen) atoms. The first kappa shape index (κ1) is 18.9. The van der Waals surface area contributed by atoms with Gasteiger partial charge in [-0.2, -0.15) is 0 Å². The van der Waals surface area contributed by atoms with Crippen LogP contribution in [0.3, 0.4) is 0 Å². The standard InChI is InChI=1S/C20H23FO4/c1-14(25-13-16-6-10-18(23-2)11-7-16)19(20(22)24-3)12-15-4-8-17(21)9-5-15/h4-11,14,19H,12-13H2,1-3H3/t14?,19-/m0/s1. The first-order valence-electron chi connectivity index (χ1n) is 8.10. The lowest BCUT2D eigenvalue weighted by Gasteiger charge is -2.22. The molecule has 2 aromatic carbocycles. The Kier molecular flexibility index (Phi) is 6.95. The van der Waals surface area contributed by atoms with E-state index in [0.717, 1.165) is 16.9 Å². The number of hydrogen-bond donors (Lipinski definition) is 0. The number of rotatable bonds is 8. The van der Waals surface area contributed by atoms with Gasteiger partial charge in [0.15, 0.2) is 0 Å². The zero-order valence-electron chi connectivity index (χ0n) is 14.7. The van der Waals surface area contributed by atoms with E-state index in [1.807, 2.05) is 31.2 Å². The minimum Gasteiger partial charge on any atom is -0.497 e. The number of hydrogen-bond acceptors (Lipinski definition) is 4. The van der Waals surface area contributed by atoms with Crippen molar-refractivity contribution in [1.29, 1.82) is 0 Å². The minimum atomic E-state index is -0.464. The van der Waals surface area contributed by atoms with Gasteiger partial charge >= 0.3 is 5.97 Å². The maximum absolute atomic E-state index is 13.0. The Balaban J connectivity index is 2.00. The molecule has 0 bridgehead atoms. The molecule has 0 aliphatic rings. The van der Waals surface area contributed by atoms with Crippen LogP contribution >= 0.6 is 0 Å². The summed E-state index contributed by atoms with van der Waals surface area (Å²) in [7, 11) is 2.97. The van der Waals surface area contributed by atoms with Gasteiger partial charge in [-0.3, -0.25) is 4.79 Å². The molecule has 0 radical (unpaired) electrons. The number of ether oxygens (including phenoxy) is 3. The summed E-state index contributed by atoms with van der Waals surface area (Å²) in [6, 6.07) is 13.7. The molecule has 1 unspecified atom stereocenters. The highest BCUT2D eigenvalue weighted by Crippen LogP contribution is 2.19. The van der Waals surface area contributed by atoms with Gasteiger partial charge in [0.2, 0.25) is 0 Å². The van der Waals surface area contributed by atoms with Crippen molar-refractivity contribution in [2.45, 2.75) is 26.1 Å². The van der Waals surface area contributed by atoms with Crippen LogP contribution in [0.2, 0.25) is 0 Å². The van der Waals surface area contributed by atoms with E-state index in [4.69, 9.17) is 14.2 Å². The van der Waals surface area contributed by atoms with Gasteiger partial charge in [0, 0.05) is 0 Å². The Morgan fingerprint density at radius 1 is 1.00 bits per heavy atom. The number of carbonyl (C=O) groups excluding carboxylic acids is 1. The largest absolute Gasteiger partial charge is 0.497 e. The molecule has 0 fully saturated rings. The van der Waals surface area contributed by atoms with E-state index in [9.17, 15) is 9.18 Å². The molecular formula is C20H23FO4. The van der Waals surface area contributed by atoms with Gasteiger partial charge in [-0.25, -0.2) is 4.39 Å². The van der Waals surface area contributed by atoms with Crippen LogP contribution in [-0.2, 0) is 27.3 Å². The Labute approximate surface area is 147 Å². The molecule has 134 valence electrons. The van der Waals surface area contributed by atoms with Gasteiger partial charge in [0.05, 0.1) is 32.8 Å². The highest BCUT2D eigenvalue weighted by Gasteiger charge is 2.27. The van der Waals surface area contributed by atoms with Gasteiger partial charge in [0.25, 0.3) is 0 Å². The van der Waals surface area contributed by atoms with Crippen molar-refractivity contribution in [3.05, 3.63) is 65.5 Å². The highest BCUT2D eigenvalue weighted by atomic mass is 19.1. The molecule has 5 heteroatoms. The van der Waals surface area contributed by atoms with E-state index in [1.165, 1.54) is 19.2 Å². The van der Waals surface area contributed by atoms with Crippen LogP contribution in [0.5, 0.6) is 5.75 Å². The summed E-state index contributed by atoms with van der Waals surface area (Å²) in [5.41, 5.74) is 1.84. The Bertz CT molecular complexity index is 667. The lowest BCUT2D eigenvalue weighted by Crippen LogP contribution is -2.31. The molecule has 0 amide bonds. The molecule has 0 aliphatic carbocycles. The monoisotopic (exact) mass is 346 g/mol. The van der Waals surface area contributed by atoms with E-state index in [1.54, 1.807) is 19.2 Å². The summed E-state index contributed by atoms with van der Waals surface area (Å²) in [5, 5.41) is 0. The number of halogens is 1. The third-order valence-corrected chi connectivity index (χ3v) is 4.11. The third-order valence-electron chi connectivity index (χ3n) is 4.11. The van der Waals surface area contributed by atoms with Crippen LogP contribution < -0.4 is 4.74 Å². The lowest BCUT2D eigenvalue weighted by molar-refractivity contribution is -0.151. The fourth-order valence-electron chi connectivity index (χ4n) is 2.53. The molecule has 0 saturated carbocycles. The SMILES string of the molecule is COC(=O)[C@@H](Cc1ccc(F)cc1)C(C)OCc1ccc(OC)cc1. The summed E-state index contributed by atoms with van der Waals surface area (Å²) < 4.78 is 28.9.